The standard InChI is InChI=1S/C14H28/c1-9(2)7-14-11(5)8-13(10(3)4)12(14)6/h9-14H,7-8H2,1-6H3. The molecule has 0 aromatic carbocycles. The molecule has 0 saturated heterocycles. The molecule has 1 rings (SSSR count). The van der Waals surface area contributed by atoms with Crippen LogP contribution in [0.15, 0.2) is 0 Å². The van der Waals surface area contributed by atoms with Crippen LogP contribution in [0.25, 0.3) is 0 Å². The number of hydrogen-bond donors (Lipinski definition) is 0. The lowest BCUT2D eigenvalue weighted by Gasteiger charge is -2.25. The van der Waals surface area contributed by atoms with E-state index < -0.39 is 0 Å². The SMILES string of the molecule is CC(C)CC1C(C)CC(C(C)C)C1C. The maximum Gasteiger partial charge on any atom is -0.0357 e. The van der Waals surface area contributed by atoms with Gasteiger partial charge < -0.3 is 0 Å². The zero-order valence-electron chi connectivity index (χ0n) is 10.9. The fraction of sp³-hybridized carbons (Fsp3) is 1.00. The Morgan fingerprint density at radius 1 is 1.07 bits per heavy atom. The fourth-order valence-electron chi connectivity index (χ4n) is 3.53. The first-order valence-electron chi connectivity index (χ1n) is 6.43. The Kier molecular flexibility index (Phi) is 4.04. The van der Waals surface area contributed by atoms with Crippen LogP contribution in [0.5, 0.6) is 0 Å². The lowest BCUT2D eigenvalue weighted by atomic mass is 9.80. The average Bonchev–Trinajstić information content (AvgIpc) is 2.31. The molecule has 0 heteroatoms. The molecule has 0 bridgehead atoms. The second-order valence-corrected chi connectivity index (χ2v) is 6.27. The average molecular weight is 196 g/mol. The Labute approximate surface area is 90.5 Å². The van der Waals surface area contributed by atoms with Crippen LogP contribution in [0.4, 0.5) is 0 Å². The van der Waals surface area contributed by atoms with E-state index in [-0.39, 0.29) is 0 Å². The molecule has 84 valence electrons. The van der Waals surface area contributed by atoms with Crippen molar-refractivity contribution in [1.29, 1.82) is 0 Å². The largest absolute Gasteiger partial charge is 0.0628 e. The van der Waals surface area contributed by atoms with Crippen molar-refractivity contribution in [1.82, 2.24) is 0 Å². The van der Waals surface area contributed by atoms with Gasteiger partial charge in [0.15, 0.2) is 0 Å². The molecule has 0 nitrogen and oxygen atoms in total. The molecule has 1 fully saturated rings. The Balaban J connectivity index is 2.60. The summed E-state index contributed by atoms with van der Waals surface area (Å²) in [6, 6.07) is 0. The van der Waals surface area contributed by atoms with Crippen molar-refractivity contribution in [3.05, 3.63) is 0 Å². The van der Waals surface area contributed by atoms with Gasteiger partial charge >= 0.3 is 0 Å². The molecule has 0 aromatic heterocycles. The topological polar surface area (TPSA) is 0 Å². The van der Waals surface area contributed by atoms with Gasteiger partial charge in [0.25, 0.3) is 0 Å². The Morgan fingerprint density at radius 3 is 2.00 bits per heavy atom. The van der Waals surface area contributed by atoms with Gasteiger partial charge in [-0.15, -0.1) is 0 Å². The lowest BCUT2D eigenvalue weighted by Crippen LogP contribution is -2.18. The molecular formula is C14H28. The summed E-state index contributed by atoms with van der Waals surface area (Å²) in [5.41, 5.74) is 0. The number of rotatable bonds is 3. The highest BCUT2D eigenvalue weighted by molar-refractivity contribution is 4.88. The molecule has 0 amide bonds. The second-order valence-electron chi connectivity index (χ2n) is 6.27. The monoisotopic (exact) mass is 196 g/mol. The molecule has 1 aliphatic rings. The summed E-state index contributed by atoms with van der Waals surface area (Å²) in [5, 5.41) is 0. The first kappa shape index (κ1) is 12.1. The van der Waals surface area contributed by atoms with Crippen molar-refractivity contribution in [2.24, 2.45) is 35.5 Å². The zero-order valence-corrected chi connectivity index (χ0v) is 10.9. The molecule has 0 aromatic rings. The minimum absolute atomic E-state index is 0.871. The summed E-state index contributed by atoms with van der Waals surface area (Å²) in [4.78, 5) is 0. The normalized spacial score (nSPS) is 38.6. The molecular weight excluding hydrogens is 168 g/mol. The van der Waals surface area contributed by atoms with Gasteiger partial charge in [0.05, 0.1) is 0 Å². The van der Waals surface area contributed by atoms with Gasteiger partial charge in [0.2, 0.25) is 0 Å². The molecule has 1 saturated carbocycles. The summed E-state index contributed by atoms with van der Waals surface area (Å²) in [6.07, 6.45) is 2.90. The maximum atomic E-state index is 2.49. The second kappa shape index (κ2) is 4.68. The minimum Gasteiger partial charge on any atom is -0.0628 e. The fourth-order valence-corrected chi connectivity index (χ4v) is 3.53. The molecule has 0 aliphatic heterocycles. The van der Waals surface area contributed by atoms with Crippen LogP contribution in [0.2, 0.25) is 0 Å². The van der Waals surface area contributed by atoms with E-state index in [1.807, 2.05) is 0 Å². The summed E-state index contributed by atoms with van der Waals surface area (Å²) in [5.74, 6) is 5.63. The van der Waals surface area contributed by atoms with Crippen molar-refractivity contribution in [2.75, 3.05) is 0 Å². The van der Waals surface area contributed by atoms with Crippen LogP contribution < -0.4 is 0 Å². The predicted molar refractivity (Wildman–Crippen MR) is 64.2 cm³/mol. The van der Waals surface area contributed by atoms with Crippen LogP contribution in [-0.4, -0.2) is 0 Å². The first-order chi connectivity index (χ1) is 6.43. The highest BCUT2D eigenvalue weighted by atomic mass is 14.4. The third kappa shape index (κ3) is 2.52. The molecule has 0 heterocycles. The molecule has 0 radical (unpaired) electrons. The van der Waals surface area contributed by atoms with Crippen LogP contribution in [-0.2, 0) is 0 Å². The van der Waals surface area contributed by atoms with Crippen LogP contribution in [0.1, 0.15) is 54.4 Å². The van der Waals surface area contributed by atoms with Crippen molar-refractivity contribution in [3.8, 4) is 0 Å². The Bertz CT molecular complexity index is 169. The van der Waals surface area contributed by atoms with E-state index in [1.54, 1.807) is 0 Å². The zero-order chi connectivity index (χ0) is 10.9. The van der Waals surface area contributed by atoms with Crippen molar-refractivity contribution in [2.45, 2.75) is 54.4 Å². The molecule has 1 aliphatic carbocycles. The smallest absolute Gasteiger partial charge is 0.0357 e. The van der Waals surface area contributed by atoms with E-state index in [1.165, 1.54) is 12.8 Å². The van der Waals surface area contributed by atoms with Gasteiger partial charge in [-0.2, -0.15) is 0 Å². The lowest BCUT2D eigenvalue weighted by molar-refractivity contribution is 0.238. The van der Waals surface area contributed by atoms with Gasteiger partial charge in [-0.1, -0.05) is 41.5 Å². The van der Waals surface area contributed by atoms with Gasteiger partial charge in [-0.25, -0.2) is 0 Å². The molecule has 4 atom stereocenters. The van der Waals surface area contributed by atoms with Crippen LogP contribution in [0.3, 0.4) is 0 Å². The molecule has 14 heavy (non-hydrogen) atoms. The highest BCUT2D eigenvalue weighted by Gasteiger charge is 2.39. The van der Waals surface area contributed by atoms with Crippen LogP contribution in [0, 0.1) is 35.5 Å². The first-order valence-corrected chi connectivity index (χ1v) is 6.43. The summed E-state index contributed by atoms with van der Waals surface area (Å²) < 4.78 is 0. The quantitative estimate of drug-likeness (QED) is 0.619. The Morgan fingerprint density at radius 2 is 1.64 bits per heavy atom. The minimum atomic E-state index is 0.871. The van der Waals surface area contributed by atoms with E-state index in [4.69, 9.17) is 0 Å². The predicted octanol–water partition coefficient (Wildman–Crippen LogP) is 4.60. The molecule has 0 N–H and O–H groups in total. The third-order valence-electron chi connectivity index (χ3n) is 4.33. The molecule has 0 spiro atoms. The van der Waals surface area contributed by atoms with Gasteiger partial charge in [0.1, 0.15) is 0 Å². The Hall–Kier alpha value is 0. The van der Waals surface area contributed by atoms with E-state index >= 15 is 0 Å². The van der Waals surface area contributed by atoms with E-state index in [0.29, 0.717) is 0 Å². The summed E-state index contributed by atoms with van der Waals surface area (Å²) in [7, 11) is 0. The van der Waals surface area contributed by atoms with Gasteiger partial charge in [-0.3, -0.25) is 0 Å². The third-order valence-corrected chi connectivity index (χ3v) is 4.33. The van der Waals surface area contributed by atoms with E-state index in [0.717, 1.165) is 35.5 Å². The summed E-state index contributed by atoms with van der Waals surface area (Å²) in [6.45, 7) is 14.5. The van der Waals surface area contributed by atoms with Crippen molar-refractivity contribution < 1.29 is 0 Å². The highest BCUT2D eigenvalue weighted by Crippen LogP contribution is 2.47. The van der Waals surface area contributed by atoms with Crippen LogP contribution >= 0.6 is 0 Å². The van der Waals surface area contributed by atoms with E-state index in [2.05, 4.69) is 41.5 Å². The van der Waals surface area contributed by atoms with Gasteiger partial charge in [0, 0.05) is 0 Å². The van der Waals surface area contributed by atoms with Crippen molar-refractivity contribution in [3.63, 3.8) is 0 Å². The maximum absolute atomic E-state index is 2.49. The van der Waals surface area contributed by atoms with Crippen molar-refractivity contribution >= 4 is 0 Å². The number of hydrogen-bond acceptors (Lipinski definition) is 0. The van der Waals surface area contributed by atoms with Gasteiger partial charge in [-0.05, 0) is 48.3 Å². The summed E-state index contributed by atoms with van der Waals surface area (Å²) >= 11 is 0. The molecule has 4 unspecified atom stereocenters. The van der Waals surface area contributed by atoms with E-state index in [9.17, 15) is 0 Å².